The van der Waals surface area contributed by atoms with Crippen LogP contribution in [-0.2, 0) is 0 Å². The van der Waals surface area contributed by atoms with E-state index in [1.54, 1.807) is 0 Å². The highest BCUT2D eigenvalue weighted by molar-refractivity contribution is 8.11. The Bertz CT molecular complexity index is 64.7. The van der Waals surface area contributed by atoms with Crippen LogP contribution in [0.3, 0.4) is 0 Å². The lowest BCUT2D eigenvalue weighted by atomic mass is 11.4. The van der Waals surface area contributed by atoms with Crippen LogP contribution in [0, 0.1) is 0 Å². The first-order valence-electron chi connectivity index (χ1n) is 1.44. The number of nitrogens with two attached hydrogens (primary N) is 2. The van der Waals surface area contributed by atoms with Crippen LogP contribution in [0.4, 0.5) is 4.79 Å². The third-order valence-electron chi connectivity index (χ3n) is 0.269. The molecule has 6 heteroatoms. The van der Waals surface area contributed by atoms with Crippen molar-refractivity contribution in [2.24, 2.45) is 11.7 Å². The van der Waals surface area contributed by atoms with Crippen LogP contribution >= 0.6 is 11.9 Å². The quantitative estimate of drug-likeness (QED) is 0.150. The predicted molar refractivity (Wildman–Crippen MR) is 27.6 cm³/mol. The van der Waals surface area contributed by atoms with E-state index in [1.807, 2.05) is 10.3 Å². The summed E-state index contributed by atoms with van der Waals surface area (Å²) < 4.78 is 0. The van der Waals surface area contributed by atoms with Crippen LogP contribution in [0.2, 0.25) is 0 Å². The molecule has 0 aromatic carbocycles. The fraction of sp³-hybridized carbons (Fsp3) is 0. The SMILES string of the molecule is NNSC(=O)NN. The fourth-order valence-electron chi connectivity index (χ4n) is 0.0830. The number of amides is 1. The molecule has 5 nitrogen and oxygen atoms in total. The van der Waals surface area contributed by atoms with Crippen LogP contribution in [0.15, 0.2) is 0 Å². The Labute approximate surface area is 44.9 Å². The lowest BCUT2D eigenvalue weighted by Gasteiger charge is -1.91. The standard InChI is InChI=1S/CH6N4OS/c2-4-1(6)7-5-3/h5H,2-3H2,(H,4,6). The predicted octanol–water partition coefficient (Wildman–Crippen LogP) is -1.32. The van der Waals surface area contributed by atoms with Crippen LogP contribution in [0.1, 0.15) is 0 Å². The number of hydrogen-bond acceptors (Lipinski definition) is 5. The third kappa shape index (κ3) is 3.53. The van der Waals surface area contributed by atoms with E-state index < -0.39 is 5.24 Å². The van der Waals surface area contributed by atoms with Crippen LogP contribution < -0.4 is 21.9 Å². The van der Waals surface area contributed by atoms with Gasteiger partial charge in [-0.05, 0) is 0 Å². The maximum Gasteiger partial charge on any atom is 0.309 e. The molecule has 1 amide bonds. The van der Waals surface area contributed by atoms with Gasteiger partial charge in [0, 0.05) is 11.9 Å². The molecule has 6 N–H and O–H groups in total. The van der Waals surface area contributed by atoms with Crippen molar-refractivity contribution in [2.75, 3.05) is 0 Å². The molecule has 7 heavy (non-hydrogen) atoms. The normalized spacial score (nSPS) is 8.29. The van der Waals surface area contributed by atoms with E-state index in [9.17, 15) is 4.79 Å². The molecule has 0 aliphatic rings. The van der Waals surface area contributed by atoms with Crippen molar-refractivity contribution >= 4 is 17.2 Å². The van der Waals surface area contributed by atoms with Crippen LogP contribution in [0.25, 0.3) is 0 Å². The van der Waals surface area contributed by atoms with Crippen LogP contribution in [-0.4, -0.2) is 5.24 Å². The van der Waals surface area contributed by atoms with Crippen molar-refractivity contribution < 1.29 is 4.79 Å². The molecule has 0 aliphatic heterocycles. The number of nitrogens with one attached hydrogen (secondary N) is 2. The Balaban J connectivity index is 3.00. The Morgan fingerprint density at radius 1 is 1.57 bits per heavy atom. The van der Waals surface area contributed by atoms with E-state index in [2.05, 4.69) is 5.84 Å². The van der Waals surface area contributed by atoms with E-state index >= 15 is 0 Å². The maximum absolute atomic E-state index is 10.00. The zero-order valence-corrected chi connectivity index (χ0v) is 4.29. The summed E-state index contributed by atoms with van der Waals surface area (Å²) in [6.45, 7) is 0. The van der Waals surface area contributed by atoms with Crippen molar-refractivity contribution in [1.29, 1.82) is 0 Å². The number of rotatable bonds is 1. The minimum Gasteiger partial charge on any atom is -0.284 e. The molecule has 0 radical (unpaired) electrons. The zero-order valence-electron chi connectivity index (χ0n) is 3.47. The van der Waals surface area contributed by atoms with Gasteiger partial charge in [0.1, 0.15) is 0 Å². The molecule has 42 valence electrons. The molecule has 0 atom stereocenters. The molecule has 0 saturated carbocycles. The molecular weight excluding hydrogens is 116 g/mol. The molecule has 0 aromatic rings. The second-order valence-corrected chi connectivity index (χ2v) is 1.46. The molecule has 0 saturated heterocycles. The van der Waals surface area contributed by atoms with Gasteiger partial charge in [-0.25, -0.2) is 5.84 Å². The summed E-state index contributed by atoms with van der Waals surface area (Å²) in [5, 5.41) is -0.414. The first-order valence-corrected chi connectivity index (χ1v) is 2.26. The summed E-state index contributed by atoms with van der Waals surface area (Å²) in [7, 11) is 0. The van der Waals surface area contributed by atoms with Gasteiger partial charge in [0.15, 0.2) is 0 Å². The summed E-state index contributed by atoms with van der Waals surface area (Å²) in [5.74, 6) is 9.34. The first kappa shape index (κ1) is 6.70. The lowest BCUT2D eigenvalue weighted by molar-refractivity contribution is 0.261. The zero-order chi connectivity index (χ0) is 5.70. The summed E-state index contributed by atoms with van der Waals surface area (Å²) in [6.07, 6.45) is 0. The van der Waals surface area contributed by atoms with Crippen molar-refractivity contribution in [3.05, 3.63) is 0 Å². The molecule has 0 bridgehead atoms. The fourth-order valence-corrected chi connectivity index (χ4v) is 0.249. The molecule has 0 rings (SSSR count). The second-order valence-electron chi connectivity index (χ2n) is 0.652. The number of hydrazine groups is 2. The monoisotopic (exact) mass is 122 g/mol. The topological polar surface area (TPSA) is 93.2 Å². The number of carbonyl (C=O) groups excluding carboxylic acids is 1. The van der Waals surface area contributed by atoms with Gasteiger partial charge in [-0.2, -0.15) is 4.83 Å². The smallest absolute Gasteiger partial charge is 0.284 e. The average molecular weight is 122 g/mol. The largest absolute Gasteiger partial charge is 0.309 e. The summed E-state index contributed by atoms with van der Waals surface area (Å²) in [4.78, 5) is 12.0. The van der Waals surface area contributed by atoms with E-state index in [1.165, 1.54) is 0 Å². The maximum atomic E-state index is 10.00. The highest BCUT2D eigenvalue weighted by Gasteiger charge is 1.91. The molecule has 0 spiro atoms. The van der Waals surface area contributed by atoms with Crippen molar-refractivity contribution in [3.63, 3.8) is 0 Å². The summed E-state index contributed by atoms with van der Waals surface area (Å²) in [5.41, 5.74) is 1.85. The van der Waals surface area contributed by atoms with Crippen molar-refractivity contribution in [1.82, 2.24) is 10.3 Å². The molecule has 0 aromatic heterocycles. The Morgan fingerprint density at radius 3 is 2.29 bits per heavy atom. The van der Waals surface area contributed by atoms with E-state index in [0.29, 0.717) is 11.9 Å². The van der Waals surface area contributed by atoms with Crippen molar-refractivity contribution in [3.8, 4) is 0 Å². The van der Waals surface area contributed by atoms with Gasteiger partial charge in [0.2, 0.25) is 0 Å². The molecule has 0 fully saturated rings. The van der Waals surface area contributed by atoms with E-state index in [0.717, 1.165) is 0 Å². The first-order chi connectivity index (χ1) is 3.31. The molecule has 0 heterocycles. The Kier molecular flexibility index (Phi) is 3.71. The van der Waals surface area contributed by atoms with E-state index in [-0.39, 0.29) is 0 Å². The van der Waals surface area contributed by atoms with Gasteiger partial charge < -0.3 is 0 Å². The minimum atomic E-state index is -0.414. The number of hydrogen-bond donors (Lipinski definition) is 4. The molecular formula is CH6N4OS. The highest BCUT2D eigenvalue weighted by Crippen LogP contribution is 1.86. The van der Waals surface area contributed by atoms with Crippen LogP contribution in [0.5, 0.6) is 0 Å². The van der Waals surface area contributed by atoms with Gasteiger partial charge in [-0.15, -0.1) is 0 Å². The van der Waals surface area contributed by atoms with Gasteiger partial charge in [0.25, 0.3) is 0 Å². The Morgan fingerprint density at radius 2 is 2.14 bits per heavy atom. The second kappa shape index (κ2) is 3.88. The van der Waals surface area contributed by atoms with Crippen molar-refractivity contribution in [2.45, 2.75) is 0 Å². The van der Waals surface area contributed by atoms with Gasteiger partial charge in [-0.1, -0.05) is 0 Å². The van der Waals surface area contributed by atoms with Gasteiger partial charge >= 0.3 is 5.24 Å². The summed E-state index contributed by atoms with van der Waals surface area (Å²) in [6, 6.07) is 0. The molecule has 0 aliphatic carbocycles. The van der Waals surface area contributed by atoms with E-state index in [4.69, 9.17) is 5.84 Å². The lowest BCUT2D eigenvalue weighted by Crippen LogP contribution is -2.29. The Hall–Kier alpha value is -0.300. The summed E-state index contributed by atoms with van der Waals surface area (Å²) >= 11 is 0.684. The molecule has 0 unspecified atom stereocenters. The number of carbonyl (C=O) groups is 1. The highest BCUT2D eigenvalue weighted by atomic mass is 32.2. The van der Waals surface area contributed by atoms with Gasteiger partial charge in [-0.3, -0.25) is 16.1 Å². The van der Waals surface area contributed by atoms with Gasteiger partial charge in [0.05, 0.1) is 0 Å². The minimum absolute atomic E-state index is 0.414. The average Bonchev–Trinajstić information content (AvgIpc) is 1.68. The third-order valence-corrected chi connectivity index (χ3v) is 0.691.